The van der Waals surface area contributed by atoms with E-state index < -0.39 is 0 Å². The maximum atomic E-state index is 4.81. The third kappa shape index (κ3) is 20.1. The first-order valence-electron chi connectivity index (χ1n) is 3.47. The molecule has 0 saturated heterocycles. The summed E-state index contributed by atoms with van der Waals surface area (Å²) in [6, 6.07) is 0. The molecule has 13 heavy (non-hydrogen) atoms. The molecule has 0 aliphatic rings. The molecule has 0 aromatic heterocycles. The van der Waals surface area contributed by atoms with Gasteiger partial charge < -0.3 is 18.3 Å². The molecular weight excluding hydrogens is 316 g/mol. The molecule has 0 fully saturated rings. The zero-order chi connectivity index (χ0) is 7.82. The van der Waals surface area contributed by atoms with Crippen molar-refractivity contribution in [2.24, 2.45) is 0 Å². The van der Waals surface area contributed by atoms with Gasteiger partial charge in [0.1, 0.15) is 0 Å². The minimum atomic E-state index is 0. The first-order chi connectivity index (χ1) is 4.81. The Balaban J connectivity index is -0.000000135. The predicted molar refractivity (Wildman–Crippen MR) is 48.2 cm³/mol. The number of hydrogen-bond donors (Lipinski definition) is 1. The van der Waals surface area contributed by atoms with Gasteiger partial charge in [-0.3, -0.25) is 5.57 Å². The topological polar surface area (TPSA) is 21.3 Å². The summed E-state index contributed by atoms with van der Waals surface area (Å²) in [5.74, 6) is 0. The van der Waals surface area contributed by atoms with E-state index in [1.807, 2.05) is 13.8 Å². The number of nitrogens with one attached hydrogen (secondary N) is 1. The van der Waals surface area contributed by atoms with Crippen LogP contribution in [0.15, 0.2) is 5.57 Å². The van der Waals surface area contributed by atoms with E-state index in [0.29, 0.717) is 0 Å². The Morgan fingerprint density at radius 1 is 1.54 bits per heavy atom. The van der Waals surface area contributed by atoms with Gasteiger partial charge in [0.25, 0.3) is 0 Å². The average molecular weight is 334 g/mol. The van der Waals surface area contributed by atoms with Crippen LogP contribution in [0.2, 0.25) is 0 Å². The minimum Gasteiger partial charge on any atom is -0.501 e. The van der Waals surface area contributed by atoms with Crippen LogP contribution in [0.4, 0.5) is 0 Å². The summed E-state index contributed by atoms with van der Waals surface area (Å²) >= 11 is 0. The molecule has 0 atom stereocenters. The fraction of sp³-hybridized carbons (Fsp3) is 0.556. The van der Waals surface area contributed by atoms with Crippen molar-refractivity contribution in [1.29, 1.82) is 0 Å². The van der Waals surface area contributed by atoms with Crippen molar-refractivity contribution in [3.63, 3.8) is 0 Å². The zero-order valence-corrected chi connectivity index (χ0v) is 14.7. The second-order valence-electron chi connectivity index (χ2n) is 2.03. The summed E-state index contributed by atoms with van der Waals surface area (Å²) in [5.41, 5.74) is 4.04. The molecule has 0 saturated carbocycles. The molecule has 0 aliphatic heterocycles. The van der Waals surface area contributed by atoms with E-state index >= 15 is 0 Å². The Hall–Kier alpha value is 1.87. The average Bonchev–Trinajstić information content (AvgIpc) is 1.98. The molecular formula is C9H18NOY2. The van der Waals surface area contributed by atoms with E-state index in [0.717, 1.165) is 13.0 Å². The van der Waals surface area contributed by atoms with E-state index in [1.165, 1.54) is 5.57 Å². The van der Waals surface area contributed by atoms with Crippen molar-refractivity contribution in [1.82, 2.24) is 5.48 Å². The van der Waals surface area contributed by atoms with Crippen molar-refractivity contribution < 1.29 is 70.3 Å². The molecule has 0 rings (SSSR count). The molecule has 71 valence electrons. The predicted octanol–water partition coefficient (Wildman–Crippen LogP) is 2.29. The molecule has 0 amide bonds. The third-order valence-corrected chi connectivity index (χ3v) is 1.23. The summed E-state index contributed by atoms with van der Waals surface area (Å²) in [7, 11) is 0. The monoisotopic (exact) mass is 334 g/mol. The fourth-order valence-electron chi connectivity index (χ4n) is 0.506. The van der Waals surface area contributed by atoms with Gasteiger partial charge in [0.2, 0.25) is 0 Å². The van der Waals surface area contributed by atoms with Crippen molar-refractivity contribution in [2.75, 3.05) is 6.54 Å². The van der Waals surface area contributed by atoms with Crippen LogP contribution in [-0.4, -0.2) is 6.54 Å². The summed E-state index contributed by atoms with van der Waals surface area (Å²) in [5, 5.41) is 0. The molecule has 0 bridgehead atoms. The SMILES string of the molecule is C[C-]=C(C)CCNO[CH-]C.[CH3-].[Y+3].[Y]. The smallest absolute Gasteiger partial charge is 0.501 e. The zero-order valence-electron chi connectivity index (χ0n) is 9.05. The number of rotatable bonds is 5. The molecule has 4 heteroatoms. The van der Waals surface area contributed by atoms with Crippen LogP contribution in [0.5, 0.6) is 0 Å². The maximum Gasteiger partial charge on any atom is 3.00 e. The van der Waals surface area contributed by atoms with Gasteiger partial charge in [-0.25, -0.2) is 5.48 Å². The van der Waals surface area contributed by atoms with Gasteiger partial charge in [0.05, 0.1) is 0 Å². The maximum absolute atomic E-state index is 4.81. The standard InChI is InChI=1S/C8H15NO.CH3.2Y/c1-4-8(3)6-7-9-10-5-2;;;/h5,9H,6-7H2,1-3H3;1H3;;/q-2;-1;;+3. The molecule has 0 aromatic rings. The molecule has 1 radical (unpaired) electrons. The van der Waals surface area contributed by atoms with Gasteiger partial charge in [0.15, 0.2) is 0 Å². The van der Waals surface area contributed by atoms with Gasteiger partial charge in [-0.15, -0.1) is 0 Å². The van der Waals surface area contributed by atoms with Gasteiger partial charge in [0, 0.05) is 39.3 Å². The molecule has 0 heterocycles. The van der Waals surface area contributed by atoms with Gasteiger partial charge in [-0.05, 0) is 6.42 Å². The van der Waals surface area contributed by atoms with Crippen LogP contribution in [0.25, 0.3) is 0 Å². The van der Waals surface area contributed by atoms with Crippen LogP contribution in [-0.2, 0) is 70.3 Å². The summed E-state index contributed by atoms with van der Waals surface area (Å²) < 4.78 is 0. The first kappa shape index (κ1) is 24.2. The van der Waals surface area contributed by atoms with Crippen molar-refractivity contribution in [2.45, 2.75) is 27.2 Å². The molecule has 1 N–H and O–H groups in total. The first-order valence-corrected chi connectivity index (χ1v) is 3.47. The molecule has 0 aliphatic carbocycles. The van der Waals surface area contributed by atoms with E-state index in [9.17, 15) is 0 Å². The van der Waals surface area contributed by atoms with Gasteiger partial charge in [-0.2, -0.15) is 20.5 Å². The Kier molecular flexibility index (Phi) is 36.2. The van der Waals surface area contributed by atoms with E-state index in [2.05, 4.69) is 18.5 Å². The number of hydrogen-bond acceptors (Lipinski definition) is 2. The van der Waals surface area contributed by atoms with Crippen LogP contribution >= 0.6 is 0 Å². The van der Waals surface area contributed by atoms with E-state index in [1.54, 1.807) is 6.61 Å². The van der Waals surface area contributed by atoms with Crippen molar-refractivity contribution >= 4 is 0 Å². The number of hydroxylamine groups is 1. The summed E-state index contributed by atoms with van der Waals surface area (Å²) in [4.78, 5) is 4.81. The van der Waals surface area contributed by atoms with Crippen LogP contribution < -0.4 is 5.48 Å². The quantitative estimate of drug-likeness (QED) is 0.473. The Bertz CT molecular complexity index is 108. The number of allylic oxidation sites excluding steroid dienone is 1. The van der Waals surface area contributed by atoms with Crippen molar-refractivity contribution in [3.05, 3.63) is 25.7 Å². The summed E-state index contributed by atoms with van der Waals surface area (Å²) in [6.45, 7) is 8.27. The Morgan fingerprint density at radius 3 is 2.46 bits per heavy atom. The largest absolute Gasteiger partial charge is 3.00 e. The van der Waals surface area contributed by atoms with Crippen LogP contribution in [0.1, 0.15) is 27.2 Å². The van der Waals surface area contributed by atoms with Gasteiger partial charge >= 0.3 is 32.7 Å². The molecule has 0 spiro atoms. The second kappa shape index (κ2) is 19.4. The summed E-state index contributed by atoms with van der Waals surface area (Å²) in [6.07, 6.45) is 4.04. The minimum absolute atomic E-state index is 0. The van der Waals surface area contributed by atoms with Crippen LogP contribution in [0, 0.1) is 20.1 Å². The molecule has 2 nitrogen and oxygen atoms in total. The molecule has 0 aromatic carbocycles. The normalized spacial score (nSPS) is 9.31. The van der Waals surface area contributed by atoms with Crippen LogP contribution in [0.3, 0.4) is 0 Å². The third-order valence-electron chi connectivity index (χ3n) is 1.23. The second-order valence-corrected chi connectivity index (χ2v) is 2.03. The fourth-order valence-corrected chi connectivity index (χ4v) is 0.506. The Labute approximate surface area is 133 Å². The van der Waals surface area contributed by atoms with Gasteiger partial charge in [-0.1, -0.05) is 6.92 Å². The molecule has 0 unspecified atom stereocenters. The van der Waals surface area contributed by atoms with E-state index in [-0.39, 0.29) is 72.8 Å². The van der Waals surface area contributed by atoms with Crippen molar-refractivity contribution in [3.8, 4) is 0 Å². The Morgan fingerprint density at radius 2 is 2.08 bits per heavy atom. The van der Waals surface area contributed by atoms with E-state index in [4.69, 9.17) is 4.84 Å².